The van der Waals surface area contributed by atoms with Crippen molar-refractivity contribution in [2.45, 2.75) is 0 Å². The van der Waals surface area contributed by atoms with E-state index in [9.17, 15) is 9.18 Å². The van der Waals surface area contributed by atoms with Crippen molar-refractivity contribution in [3.05, 3.63) is 65.2 Å². The van der Waals surface area contributed by atoms with E-state index < -0.39 is 5.82 Å². The van der Waals surface area contributed by atoms with Gasteiger partial charge in [0, 0.05) is 32.0 Å². The van der Waals surface area contributed by atoms with E-state index in [-0.39, 0.29) is 22.3 Å². The van der Waals surface area contributed by atoms with Crippen molar-refractivity contribution < 1.29 is 13.9 Å². The fraction of sp³-hybridized carbons (Fsp3) is 0.217. The highest BCUT2D eigenvalue weighted by atomic mass is 35.5. The highest BCUT2D eigenvalue weighted by Crippen LogP contribution is 2.33. The molecule has 0 unspecified atom stereocenters. The zero-order valence-electron chi connectivity index (χ0n) is 17.9. The number of halogens is 2. The van der Waals surface area contributed by atoms with Gasteiger partial charge in [0.2, 0.25) is 0 Å². The monoisotopic (exact) mass is 468 g/mol. The minimum Gasteiger partial charge on any atom is -0.397 e. The van der Waals surface area contributed by atoms with Crippen LogP contribution in [0.5, 0.6) is 0 Å². The minimum absolute atomic E-state index is 0.0117. The van der Waals surface area contributed by atoms with Crippen LogP contribution >= 0.6 is 11.6 Å². The van der Waals surface area contributed by atoms with Crippen LogP contribution in [0.4, 0.5) is 15.8 Å². The third-order valence-electron chi connectivity index (χ3n) is 5.12. The number of nitrogens with zero attached hydrogens (tertiary/aromatic N) is 4. The van der Waals surface area contributed by atoms with Crippen LogP contribution < -0.4 is 16.0 Å². The Bertz CT molecular complexity index is 1260. The van der Waals surface area contributed by atoms with Crippen molar-refractivity contribution in [2.24, 2.45) is 10.7 Å². The van der Waals surface area contributed by atoms with Gasteiger partial charge in [0.25, 0.3) is 5.91 Å². The molecule has 0 spiro atoms. The maximum absolute atomic E-state index is 13.8. The van der Waals surface area contributed by atoms with Gasteiger partial charge in [0.15, 0.2) is 0 Å². The van der Waals surface area contributed by atoms with E-state index in [1.807, 2.05) is 11.0 Å². The van der Waals surface area contributed by atoms with Gasteiger partial charge >= 0.3 is 0 Å². The molecule has 0 aliphatic carbocycles. The summed E-state index contributed by atoms with van der Waals surface area (Å²) < 4.78 is 19.6. The number of fused-ring (bicyclic) bond motifs is 1. The van der Waals surface area contributed by atoms with Gasteiger partial charge in [0.1, 0.15) is 17.0 Å². The number of aromatic nitrogens is 2. The van der Waals surface area contributed by atoms with Crippen LogP contribution in [0.2, 0.25) is 5.02 Å². The summed E-state index contributed by atoms with van der Waals surface area (Å²) in [6.45, 7) is 1.37. The van der Waals surface area contributed by atoms with Gasteiger partial charge in [-0.05, 0) is 42.5 Å². The van der Waals surface area contributed by atoms with E-state index in [1.54, 1.807) is 30.5 Å². The summed E-state index contributed by atoms with van der Waals surface area (Å²) >= 11 is 6.06. The number of nitrogens with two attached hydrogens (primary N) is 1. The second-order valence-electron chi connectivity index (χ2n) is 7.22. The maximum atomic E-state index is 13.8. The van der Waals surface area contributed by atoms with E-state index in [4.69, 9.17) is 27.1 Å². The Balaban J connectivity index is 1.88. The Hall–Kier alpha value is -3.56. The summed E-state index contributed by atoms with van der Waals surface area (Å²) in [5, 5.41) is 2.77. The lowest BCUT2D eigenvalue weighted by molar-refractivity contribution is -0.114. The van der Waals surface area contributed by atoms with Crippen LogP contribution in [0.3, 0.4) is 0 Å². The fourth-order valence-electron chi connectivity index (χ4n) is 3.47. The second-order valence-corrected chi connectivity index (χ2v) is 7.63. The van der Waals surface area contributed by atoms with Crippen molar-refractivity contribution in [2.75, 3.05) is 38.3 Å². The van der Waals surface area contributed by atoms with Gasteiger partial charge in [-0.3, -0.25) is 14.8 Å². The van der Waals surface area contributed by atoms with Crippen molar-refractivity contribution in [3.8, 4) is 0 Å². The minimum atomic E-state index is -0.503. The number of pyridine rings is 2. The molecule has 0 atom stereocenters. The Morgan fingerprint density at radius 3 is 2.88 bits per heavy atom. The summed E-state index contributed by atoms with van der Waals surface area (Å²) in [6, 6.07) is 9.87. The molecular weight excluding hydrogens is 447 g/mol. The normalized spacial score (nSPS) is 18.5. The molecule has 10 heteroatoms. The van der Waals surface area contributed by atoms with Gasteiger partial charge in [-0.2, -0.15) is 0 Å². The molecule has 0 fully saturated rings. The molecule has 1 aromatic carbocycles. The van der Waals surface area contributed by atoms with E-state index in [1.165, 1.54) is 19.2 Å². The number of carbonyl (C=O) groups excluding carboxylic acids is 1. The highest BCUT2D eigenvalue weighted by molar-refractivity contribution is 6.44. The number of amides is 1. The number of hydrogen-bond acceptors (Lipinski definition) is 7. The lowest BCUT2D eigenvalue weighted by Gasteiger charge is -2.26. The Kier molecular flexibility index (Phi) is 6.81. The summed E-state index contributed by atoms with van der Waals surface area (Å²) in [5.74, 6) is -0.860. The number of aliphatic imine (C=N–C) groups is 1. The molecule has 2 aromatic heterocycles. The topological polar surface area (TPSA) is 106 Å². The predicted octanol–water partition coefficient (Wildman–Crippen LogP) is 3.08. The smallest absolute Gasteiger partial charge is 0.269 e. The largest absolute Gasteiger partial charge is 0.397 e. The molecule has 0 saturated heterocycles. The molecule has 0 saturated carbocycles. The highest BCUT2D eigenvalue weighted by Gasteiger charge is 2.18. The molecule has 3 aromatic rings. The number of carbonyl (C=O) groups is 1. The van der Waals surface area contributed by atoms with Crippen LogP contribution in [0.25, 0.3) is 16.7 Å². The molecule has 2 bridgehead atoms. The van der Waals surface area contributed by atoms with Gasteiger partial charge in [0.05, 0.1) is 40.8 Å². The number of benzene rings is 1. The average molecular weight is 469 g/mol. The average Bonchev–Trinajstić information content (AvgIpc) is 2.83. The van der Waals surface area contributed by atoms with Crippen molar-refractivity contribution in [1.29, 1.82) is 0 Å². The van der Waals surface area contributed by atoms with E-state index in [0.29, 0.717) is 48.7 Å². The van der Waals surface area contributed by atoms with Crippen LogP contribution in [-0.4, -0.2) is 54.9 Å². The molecule has 33 heavy (non-hydrogen) atoms. The zero-order valence-corrected chi connectivity index (χ0v) is 18.6. The van der Waals surface area contributed by atoms with E-state index >= 15 is 0 Å². The lowest BCUT2D eigenvalue weighted by Crippen LogP contribution is -2.33. The van der Waals surface area contributed by atoms with Crippen LogP contribution in [0.1, 0.15) is 5.69 Å². The van der Waals surface area contributed by atoms with Crippen LogP contribution in [0.15, 0.2) is 53.7 Å². The van der Waals surface area contributed by atoms with Crippen molar-refractivity contribution >= 4 is 51.3 Å². The number of anilines is 2. The van der Waals surface area contributed by atoms with E-state index in [0.717, 1.165) is 5.69 Å². The lowest BCUT2D eigenvalue weighted by atomic mass is 10.1. The fourth-order valence-corrected chi connectivity index (χ4v) is 3.64. The number of ether oxygens (including phenoxy) is 1. The summed E-state index contributed by atoms with van der Waals surface area (Å²) in [7, 11) is 1.52. The second kappa shape index (κ2) is 9.93. The first-order chi connectivity index (χ1) is 16.0. The quantitative estimate of drug-likeness (QED) is 0.568. The summed E-state index contributed by atoms with van der Waals surface area (Å²) in [4.78, 5) is 27.5. The number of nitrogens with one attached hydrogen (secondary N) is 1. The van der Waals surface area contributed by atoms with Crippen molar-refractivity contribution in [1.82, 2.24) is 15.3 Å². The van der Waals surface area contributed by atoms with Gasteiger partial charge in [-0.15, -0.1) is 0 Å². The van der Waals surface area contributed by atoms with Crippen molar-refractivity contribution in [3.63, 3.8) is 0 Å². The zero-order chi connectivity index (χ0) is 23.4. The molecule has 1 aliphatic rings. The predicted molar refractivity (Wildman–Crippen MR) is 127 cm³/mol. The maximum Gasteiger partial charge on any atom is 0.269 e. The van der Waals surface area contributed by atoms with Crippen LogP contribution in [-0.2, 0) is 9.53 Å². The molecule has 3 N–H and O–H groups in total. The SMILES string of the molecule is CN=C1/C=C(\N)c2ccc3nccc(c3n2)N(c2ccc(F)c(Cl)c2)CCOCCNC1=O. The standard InChI is InChI=1S/C23H22ClFN6O2/c1-27-20-13-17(26)18-4-5-19-22(30-18)21(6-7-28-19)31(9-11-33-10-8-29-23(20)32)14-2-3-16(25)15(24)12-14/h2-7,12-13H,8-11,26H2,1H3,(H,29,32)/b17-13-,27-20?. The Labute approximate surface area is 194 Å². The third kappa shape index (κ3) is 4.94. The van der Waals surface area contributed by atoms with Gasteiger partial charge in [-0.1, -0.05) is 11.6 Å². The summed E-state index contributed by atoms with van der Waals surface area (Å²) in [6.07, 6.45) is 3.16. The molecule has 1 amide bonds. The number of hydrogen-bond donors (Lipinski definition) is 2. The van der Waals surface area contributed by atoms with Gasteiger partial charge < -0.3 is 20.7 Å². The van der Waals surface area contributed by atoms with E-state index in [2.05, 4.69) is 15.3 Å². The number of rotatable bonds is 1. The molecule has 4 rings (SSSR count). The summed E-state index contributed by atoms with van der Waals surface area (Å²) in [5.41, 5.74) is 9.83. The Morgan fingerprint density at radius 1 is 1.24 bits per heavy atom. The molecule has 3 heterocycles. The first-order valence-corrected chi connectivity index (χ1v) is 10.6. The molecule has 170 valence electrons. The molecular formula is C23H22ClFN6O2. The molecule has 8 nitrogen and oxygen atoms in total. The third-order valence-corrected chi connectivity index (χ3v) is 5.41. The first kappa shape index (κ1) is 22.6. The first-order valence-electron chi connectivity index (χ1n) is 10.3. The Morgan fingerprint density at radius 2 is 2.09 bits per heavy atom. The molecule has 1 aliphatic heterocycles. The van der Waals surface area contributed by atoms with Gasteiger partial charge in [-0.25, -0.2) is 9.37 Å². The van der Waals surface area contributed by atoms with Crippen LogP contribution in [0, 0.1) is 5.82 Å². The molecule has 0 radical (unpaired) electrons.